The molecule has 0 bridgehead atoms. The number of hydrogen-bond donors (Lipinski definition) is 4. The summed E-state index contributed by atoms with van der Waals surface area (Å²) in [5.74, 6) is -0.357. The Hall–Kier alpha value is -2.80. The quantitative estimate of drug-likeness (QED) is 0.625. The van der Waals surface area contributed by atoms with Crippen LogP contribution in [0.15, 0.2) is 36.4 Å². The van der Waals surface area contributed by atoms with Crippen molar-refractivity contribution in [2.24, 2.45) is 0 Å². The fourth-order valence-electron chi connectivity index (χ4n) is 3.28. The van der Waals surface area contributed by atoms with E-state index >= 15 is 0 Å². The van der Waals surface area contributed by atoms with E-state index < -0.39 is 0 Å². The van der Waals surface area contributed by atoms with Gasteiger partial charge in [0.25, 0.3) is 11.8 Å². The molecule has 1 aromatic heterocycles. The molecule has 7 heteroatoms. The predicted octanol–water partition coefficient (Wildman–Crippen LogP) is 2.16. The second-order valence-electron chi connectivity index (χ2n) is 6.81. The molecule has 1 saturated carbocycles. The second kappa shape index (κ2) is 8.26. The van der Waals surface area contributed by atoms with Crippen LogP contribution in [0, 0.1) is 0 Å². The lowest BCUT2D eigenvalue weighted by molar-refractivity contribution is 0.0929. The Morgan fingerprint density at radius 3 is 2.59 bits per heavy atom. The molecule has 1 unspecified atom stereocenters. The first kappa shape index (κ1) is 19.0. The molecule has 0 saturated heterocycles. The van der Waals surface area contributed by atoms with Gasteiger partial charge >= 0.3 is 0 Å². The van der Waals surface area contributed by atoms with E-state index in [1.165, 1.54) is 7.05 Å². The number of rotatable bonds is 6. The lowest BCUT2D eigenvalue weighted by Gasteiger charge is -2.15. The zero-order valence-electron chi connectivity index (χ0n) is 15.5. The van der Waals surface area contributed by atoms with Crippen molar-refractivity contribution < 1.29 is 19.4 Å². The van der Waals surface area contributed by atoms with Gasteiger partial charge in [-0.15, -0.1) is 0 Å². The number of carbonyl (C=O) groups excluding carboxylic acids is 2. The van der Waals surface area contributed by atoms with Crippen molar-refractivity contribution >= 4 is 11.8 Å². The van der Waals surface area contributed by atoms with E-state index in [2.05, 4.69) is 15.6 Å². The smallest absolute Gasteiger partial charge is 0.271 e. The van der Waals surface area contributed by atoms with E-state index in [1.54, 1.807) is 6.07 Å². The molecule has 1 aliphatic rings. The molecular weight excluding hydrogens is 346 g/mol. The van der Waals surface area contributed by atoms with Gasteiger partial charge in [0.15, 0.2) is 5.75 Å². The van der Waals surface area contributed by atoms with Gasteiger partial charge in [-0.2, -0.15) is 0 Å². The van der Waals surface area contributed by atoms with Crippen LogP contribution in [0.2, 0.25) is 0 Å². The summed E-state index contributed by atoms with van der Waals surface area (Å²) in [6, 6.07) is 11.1. The number of ether oxygens (including phenoxy) is 1. The largest absolute Gasteiger partial charge is 0.484 e. The highest BCUT2D eigenvalue weighted by Gasteiger charge is 2.26. The Labute approximate surface area is 158 Å². The first-order chi connectivity index (χ1) is 13.0. The van der Waals surface area contributed by atoms with Gasteiger partial charge in [-0.05, 0) is 31.7 Å². The highest BCUT2D eigenvalue weighted by atomic mass is 16.5. The average molecular weight is 371 g/mol. The van der Waals surface area contributed by atoms with E-state index in [9.17, 15) is 14.7 Å². The Kier molecular flexibility index (Phi) is 5.81. The maximum absolute atomic E-state index is 12.5. The average Bonchev–Trinajstić information content (AvgIpc) is 3.28. The summed E-state index contributed by atoms with van der Waals surface area (Å²) >= 11 is 0. The third-order valence-corrected chi connectivity index (χ3v) is 4.79. The van der Waals surface area contributed by atoms with Crippen LogP contribution in [0.5, 0.6) is 5.75 Å². The van der Waals surface area contributed by atoms with Crippen molar-refractivity contribution in [3.8, 4) is 5.75 Å². The van der Waals surface area contributed by atoms with Crippen molar-refractivity contribution in [3.05, 3.63) is 53.3 Å². The third kappa shape index (κ3) is 4.49. The van der Waals surface area contributed by atoms with E-state index in [4.69, 9.17) is 4.74 Å². The zero-order valence-corrected chi connectivity index (χ0v) is 15.5. The summed E-state index contributed by atoms with van der Waals surface area (Å²) in [5.41, 5.74) is 1.43. The number of aliphatic hydroxyl groups is 1. The molecule has 4 N–H and O–H groups in total. The molecule has 144 valence electrons. The Bertz CT molecular complexity index is 803. The van der Waals surface area contributed by atoms with Crippen LogP contribution in [0.1, 0.15) is 58.8 Å². The van der Waals surface area contributed by atoms with Crippen LogP contribution in [0.25, 0.3) is 0 Å². The van der Waals surface area contributed by atoms with Gasteiger partial charge < -0.3 is 25.5 Å². The maximum Gasteiger partial charge on any atom is 0.271 e. The zero-order chi connectivity index (χ0) is 19.4. The first-order valence-corrected chi connectivity index (χ1v) is 9.13. The molecule has 1 fully saturated rings. The van der Waals surface area contributed by atoms with Crippen molar-refractivity contribution in [1.29, 1.82) is 0 Å². The number of aliphatic hydroxyl groups excluding tert-OH is 1. The number of amides is 2. The number of hydrogen-bond acceptors (Lipinski definition) is 4. The van der Waals surface area contributed by atoms with Gasteiger partial charge in [-0.25, -0.2) is 0 Å². The molecule has 2 amide bonds. The maximum atomic E-state index is 12.5. The fourth-order valence-corrected chi connectivity index (χ4v) is 3.28. The van der Waals surface area contributed by atoms with Crippen molar-refractivity contribution in [2.45, 2.75) is 44.4 Å². The van der Waals surface area contributed by atoms with E-state index in [0.717, 1.165) is 12.0 Å². The van der Waals surface area contributed by atoms with Crippen LogP contribution in [-0.4, -0.2) is 41.1 Å². The molecule has 1 heterocycles. The molecule has 2 aromatic rings. The lowest BCUT2D eigenvalue weighted by Crippen LogP contribution is -2.33. The number of aromatic amines is 1. The molecular formula is C20H25N3O4. The highest BCUT2D eigenvalue weighted by molar-refractivity contribution is 5.99. The Balaban J connectivity index is 1.78. The van der Waals surface area contributed by atoms with Crippen molar-refractivity contribution in [1.82, 2.24) is 15.6 Å². The fraction of sp³-hybridized carbons (Fsp3) is 0.400. The van der Waals surface area contributed by atoms with Gasteiger partial charge in [0.2, 0.25) is 0 Å². The summed E-state index contributed by atoms with van der Waals surface area (Å²) in [5, 5.41) is 15.1. The molecule has 0 aliphatic heterocycles. The number of aromatic nitrogens is 1. The van der Waals surface area contributed by atoms with Crippen LogP contribution in [0.4, 0.5) is 0 Å². The highest BCUT2D eigenvalue weighted by Crippen LogP contribution is 2.27. The van der Waals surface area contributed by atoms with Crippen molar-refractivity contribution in [2.75, 3.05) is 7.05 Å². The predicted molar refractivity (Wildman–Crippen MR) is 101 cm³/mol. The summed E-state index contributed by atoms with van der Waals surface area (Å²) in [4.78, 5) is 27.6. The molecule has 0 radical (unpaired) electrons. The SMILES string of the molecule is CNC(=O)c1[nH]c(C(=O)NC2CC[C@@H](O)C2)cc1O[C@@H](C)c1ccccc1. The summed E-state index contributed by atoms with van der Waals surface area (Å²) in [6.45, 7) is 1.88. The number of nitrogens with one attached hydrogen (secondary N) is 3. The molecule has 3 rings (SSSR count). The van der Waals surface area contributed by atoms with Gasteiger partial charge in [-0.1, -0.05) is 30.3 Å². The summed E-state index contributed by atoms with van der Waals surface area (Å²) in [7, 11) is 1.52. The molecule has 3 atom stereocenters. The molecule has 1 aromatic carbocycles. The summed E-state index contributed by atoms with van der Waals surface area (Å²) in [6.07, 6.45) is 1.31. The van der Waals surface area contributed by atoms with Gasteiger partial charge in [0.1, 0.15) is 17.5 Å². The van der Waals surface area contributed by atoms with Gasteiger partial charge in [0.05, 0.1) is 6.10 Å². The molecule has 1 aliphatic carbocycles. The molecule has 0 spiro atoms. The van der Waals surface area contributed by atoms with Crippen molar-refractivity contribution in [3.63, 3.8) is 0 Å². The minimum absolute atomic E-state index is 0.0631. The summed E-state index contributed by atoms with van der Waals surface area (Å²) < 4.78 is 5.96. The first-order valence-electron chi connectivity index (χ1n) is 9.13. The van der Waals surface area contributed by atoms with E-state index in [-0.39, 0.29) is 41.5 Å². The van der Waals surface area contributed by atoms with Gasteiger partial charge in [-0.3, -0.25) is 9.59 Å². The number of H-pyrrole nitrogens is 1. The Morgan fingerprint density at radius 2 is 1.96 bits per heavy atom. The third-order valence-electron chi connectivity index (χ3n) is 4.79. The standard InChI is InChI=1S/C20H25N3O4/c1-12(13-6-4-3-5-7-13)27-17-11-16(23-18(17)20(26)21-2)19(25)22-14-8-9-15(24)10-14/h3-7,11-12,14-15,23-24H,8-10H2,1-2H3,(H,21,26)(H,22,25)/t12-,14?,15+/m0/s1. The van der Waals surface area contributed by atoms with Crippen LogP contribution < -0.4 is 15.4 Å². The normalized spacial score (nSPS) is 20.1. The monoisotopic (exact) mass is 371 g/mol. The van der Waals surface area contributed by atoms with Gasteiger partial charge in [0, 0.05) is 19.2 Å². The minimum atomic E-state index is -0.369. The second-order valence-corrected chi connectivity index (χ2v) is 6.81. The van der Waals surface area contributed by atoms with Crippen LogP contribution in [0.3, 0.4) is 0 Å². The van der Waals surface area contributed by atoms with Crippen LogP contribution in [-0.2, 0) is 0 Å². The minimum Gasteiger partial charge on any atom is -0.484 e. The number of benzene rings is 1. The van der Waals surface area contributed by atoms with Crippen LogP contribution >= 0.6 is 0 Å². The lowest BCUT2D eigenvalue weighted by atomic mass is 10.1. The van der Waals surface area contributed by atoms with E-state index in [1.807, 2.05) is 37.3 Å². The Morgan fingerprint density at radius 1 is 1.22 bits per heavy atom. The molecule has 7 nitrogen and oxygen atoms in total. The topological polar surface area (TPSA) is 103 Å². The number of carbonyl (C=O) groups is 2. The van der Waals surface area contributed by atoms with E-state index in [0.29, 0.717) is 18.6 Å². The molecule has 27 heavy (non-hydrogen) atoms.